The number of hydrogen-bond donors (Lipinski definition) is 0. The Morgan fingerprint density at radius 3 is 2.83 bits per heavy atom. The number of rotatable bonds is 1. The van der Waals surface area contributed by atoms with Gasteiger partial charge >= 0.3 is 0 Å². The van der Waals surface area contributed by atoms with Crippen LogP contribution in [0.3, 0.4) is 0 Å². The van der Waals surface area contributed by atoms with Gasteiger partial charge in [0.1, 0.15) is 21.6 Å². The number of benzene rings is 1. The average Bonchev–Trinajstić information content (AvgIpc) is 2.91. The maximum atomic E-state index is 14.1. The molecule has 0 aromatic heterocycles. The van der Waals surface area contributed by atoms with E-state index in [4.69, 9.17) is 0 Å². The number of carbonyl (C=O) groups is 1. The summed E-state index contributed by atoms with van der Waals surface area (Å²) < 4.78 is 27.7. The van der Waals surface area contributed by atoms with Crippen molar-refractivity contribution in [3.8, 4) is 0 Å². The molecule has 1 heterocycles. The number of nitrogens with zero attached hydrogens (tertiary/aromatic N) is 2. The van der Waals surface area contributed by atoms with E-state index in [1.54, 1.807) is 0 Å². The van der Waals surface area contributed by atoms with Gasteiger partial charge in [-0.25, -0.2) is 13.8 Å². The predicted octanol–water partition coefficient (Wildman–Crippen LogP) is 4.18. The lowest BCUT2D eigenvalue weighted by atomic mass is 9.82. The Bertz CT molecular complexity index is 815. The fourth-order valence-electron chi connectivity index (χ4n) is 3.26. The number of hydrogen-bond acceptors (Lipinski definition) is 3. The maximum absolute atomic E-state index is 14.1. The lowest BCUT2D eigenvalue weighted by Crippen LogP contribution is -2.48. The van der Waals surface area contributed by atoms with E-state index in [0.29, 0.717) is 11.5 Å². The Hall–Kier alpha value is -1.95. The van der Waals surface area contributed by atoms with Gasteiger partial charge in [0.2, 0.25) is 5.91 Å². The molecule has 3 nitrogen and oxygen atoms in total. The van der Waals surface area contributed by atoms with E-state index in [1.165, 1.54) is 29.8 Å². The molecule has 0 saturated carbocycles. The van der Waals surface area contributed by atoms with Gasteiger partial charge in [-0.1, -0.05) is 36.0 Å². The summed E-state index contributed by atoms with van der Waals surface area (Å²) >= 11 is 1.34. The van der Waals surface area contributed by atoms with Crippen LogP contribution in [0, 0.1) is 0 Å². The van der Waals surface area contributed by atoms with Crippen LogP contribution in [0.1, 0.15) is 30.9 Å². The number of fused-ring (bicyclic) bond motifs is 2. The molecule has 1 spiro atoms. The summed E-state index contributed by atoms with van der Waals surface area (Å²) in [6.45, 7) is 1.44. The highest BCUT2D eigenvalue weighted by Gasteiger charge is 2.54. The Balaban J connectivity index is 1.77. The van der Waals surface area contributed by atoms with E-state index in [9.17, 15) is 13.6 Å². The highest BCUT2D eigenvalue weighted by atomic mass is 32.2. The van der Waals surface area contributed by atoms with Crippen molar-refractivity contribution >= 4 is 22.7 Å². The Morgan fingerprint density at radius 1 is 1.30 bits per heavy atom. The highest BCUT2D eigenvalue weighted by Crippen LogP contribution is 2.57. The van der Waals surface area contributed by atoms with Gasteiger partial charge in [0, 0.05) is 31.8 Å². The number of allylic oxidation sites excluding steroid dienone is 3. The van der Waals surface area contributed by atoms with Gasteiger partial charge in [-0.05, 0) is 17.2 Å². The van der Waals surface area contributed by atoms with Crippen LogP contribution in [0.25, 0.3) is 0 Å². The van der Waals surface area contributed by atoms with Gasteiger partial charge in [0.05, 0.1) is 0 Å². The number of halogens is 2. The van der Waals surface area contributed by atoms with Crippen LogP contribution in [0.5, 0.6) is 0 Å². The van der Waals surface area contributed by atoms with E-state index >= 15 is 0 Å². The SMILES string of the molecule is CC(=O)N1N=C(C2=C(F)CCC(F)=C2)SC12Cc1ccccc12. The van der Waals surface area contributed by atoms with Crippen molar-refractivity contribution in [2.24, 2.45) is 5.10 Å². The van der Waals surface area contributed by atoms with Crippen LogP contribution < -0.4 is 0 Å². The van der Waals surface area contributed by atoms with E-state index in [1.807, 2.05) is 24.3 Å². The van der Waals surface area contributed by atoms with Crippen LogP contribution in [0.2, 0.25) is 0 Å². The summed E-state index contributed by atoms with van der Waals surface area (Å²) in [5.74, 6) is -0.928. The first-order chi connectivity index (χ1) is 11.0. The molecule has 1 unspecified atom stereocenters. The third kappa shape index (κ3) is 2.08. The summed E-state index contributed by atoms with van der Waals surface area (Å²) in [6, 6.07) is 7.84. The van der Waals surface area contributed by atoms with Crippen molar-refractivity contribution in [3.05, 3.63) is 58.7 Å². The largest absolute Gasteiger partial charge is 0.273 e. The van der Waals surface area contributed by atoms with Crippen LogP contribution in [0.15, 0.2) is 52.7 Å². The molecule has 0 bridgehead atoms. The van der Waals surface area contributed by atoms with Gasteiger partial charge in [-0.15, -0.1) is 0 Å². The van der Waals surface area contributed by atoms with Crippen LogP contribution in [-0.2, 0) is 16.1 Å². The van der Waals surface area contributed by atoms with Gasteiger partial charge in [0.25, 0.3) is 0 Å². The summed E-state index contributed by atoms with van der Waals surface area (Å²) in [7, 11) is 0. The quantitative estimate of drug-likeness (QED) is 0.773. The fourth-order valence-corrected chi connectivity index (χ4v) is 4.77. The van der Waals surface area contributed by atoms with Gasteiger partial charge in [-0.2, -0.15) is 5.10 Å². The summed E-state index contributed by atoms with van der Waals surface area (Å²) in [5, 5.41) is 6.11. The molecule has 1 aromatic rings. The molecule has 23 heavy (non-hydrogen) atoms. The van der Waals surface area contributed by atoms with Crippen molar-refractivity contribution in [2.75, 3.05) is 0 Å². The molecule has 1 aromatic carbocycles. The highest BCUT2D eigenvalue weighted by molar-refractivity contribution is 8.15. The lowest BCUT2D eigenvalue weighted by Gasteiger charge is -2.44. The Morgan fingerprint density at radius 2 is 2.09 bits per heavy atom. The second-order valence-electron chi connectivity index (χ2n) is 5.87. The smallest absolute Gasteiger partial charge is 0.241 e. The molecule has 118 valence electrons. The molecule has 3 aliphatic rings. The maximum Gasteiger partial charge on any atom is 0.241 e. The van der Waals surface area contributed by atoms with E-state index in [-0.39, 0.29) is 36.0 Å². The first-order valence-corrected chi connectivity index (χ1v) is 8.25. The first-order valence-electron chi connectivity index (χ1n) is 7.43. The van der Waals surface area contributed by atoms with E-state index in [0.717, 1.165) is 11.1 Å². The van der Waals surface area contributed by atoms with Crippen molar-refractivity contribution < 1.29 is 13.6 Å². The van der Waals surface area contributed by atoms with E-state index in [2.05, 4.69) is 5.10 Å². The summed E-state index contributed by atoms with van der Waals surface area (Å²) in [5.41, 5.74) is 2.34. The fraction of sp³-hybridized carbons (Fsp3) is 0.294. The number of hydrazone groups is 1. The third-order valence-electron chi connectivity index (χ3n) is 4.37. The van der Waals surface area contributed by atoms with Crippen LogP contribution in [0.4, 0.5) is 8.78 Å². The van der Waals surface area contributed by atoms with Crippen molar-refractivity contribution in [1.82, 2.24) is 5.01 Å². The molecule has 0 N–H and O–H groups in total. The van der Waals surface area contributed by atoms with Gasteiger partial charge in [-0.3, -0.25) is 4.79 Å². The molecule has 1 aliphatic heterocycles. The third-order valence-corrected chi connectivity index (χ3v) is 5.74. The molecule has 0 radical (unpaired) electrons. The average molecular weight is 332 g/mol. The summed E-state index contributed by atoms with van der Waals surface area (Å²) in [6.07, 6.45) is 1.98. The minimum atomic E-state index is -0.618. The molecule has 1 amide bonds. The van der Waals surface area contributed by atoms with Crippen LogP contribution in [-0.4, -0.2) is 16.0 Å². The first kappa shape index (κ1) is 14.6. The Labute approximate surface area is 136 Å². The normalized spacial score (nSPS) is 26.0. The standard InChI is InChI=1S/C17H14F2N2OS/c1-10(22)21-17(9-11-4-2-3-5-14(11)17)23-16(20-21)13-8-12(18)6-7-15(13)19/h2-5,8H,6-7,9H2,1H3. The predicted molar refractivity (Wildman–Crippen MR) is 85.9 cm³/mol. The van der Waals surface area contributed by atoms with Crippen molar-refractivity contribution in [3.63, 3.8) is 0 Å². The number of thioether (sulfide) groups is 1. The second kappa shape index (κ2) is 5.03. The molecule has 4 rings (SSSR count). The van der Waals surface area contributed by atoms with Crippen molar-refractivity contribution in [1.29, 1.82) is 0 Å². The molecular formula is C17H14F2N2OS. The Kier molecular flexibility index (Phi) is 3.20. The van der Waals surface area contributed by atoms with Gasteiger partial charge < -0.3 is 0 Å². The lowest BCUT2D eigenvalue weighted by molar-refractivity contribution is -0.132. The zero-order valence-corrected chi connectivity index (χ0v) is 13.3. The molecule has 0 saturated heterocycles. The number of carbonyl (C=O) groups excluding carboxylic acids is 1. The molecule has 6 heteroatoms. The summed E-state index contributed by atoms with van der Waals surface area (Å²) in [4.78, 5) is 11.4. The second-order valence-corrected chi connectivity index (χ2v) is 7.13. The van der Waals surface area contributed by atoms with E-state index < -0.39 is 4.87 Å². The topological polar surface area (TPSA) is 32.7 Å². The zero-order valence-electron chi connectivity index (χ0n) is 12.5. The van der Waals surface area contributed by atoms with Gasteiger partial charge in [0.15, 0.2) is 0 Å². The molecule has 0 fully saturated rings. The van der Waals surface area contributed by atoms with Crippen LogP contribution >= 0.6 is 11.8 Å². The minimum absolute atomic E-state index is 0.0426. The zero-order chi connectivity index (χ0) is 16.2. The molecule has 2 aliphatic carbocycles. The monoisotopic (exact) mass is 332 g/mol. The molecular weight excluding hydrogens is 318 g/mol. The number of amides is 1. The molecule has 1 atom stereocenters. The van der Waals surface area contributed by atoms with Crippen molar-refractivity contribution in [2.45, 2.75) is 31.1 Å². The minimum Gasteiger partial charge on any atom is -0.273 e.